The Morgan fingerprint density at radius 3 is 0.800 bits per heavy atom. The van der Waals surface area contributed by atoms with Gasteiger partial charge in [-0.15, -0.1) is 10.1 Å². The van der Waals surface area contributed by atoms with Gasteiger partial charge in [0.2, 0.25) is 0 Å². The van der Waals surface area contributed by atoms with E-state index in [-0.39, 0.29) is 49.4 Å². The Balaban J connectivity index is -0.0000000184. The molecule has 0 saturated heterocycles. The monoisotopic (exact) mass is 262 g/mol. The number of nitrogens with zero attached hydrogens (tertiary/aromatic N) is 3. The van der Waals surface area contributed by atoms with Gasteiger partial charge in [-0.05, 0) is 0 Å². The van der Waals surface area contributed by atoms with E-state index >= 15 is 0 Å². The molecule has 0 atom stereocenters. The van der Waals surface area contributed by atoms with Gasteiger partial charge in [-0.2, -0.15) is 0 Å². The smallest absolute Gasteiger partial charge is 0.412 e. The molecule has 88 valence electrons. The van der Waals surface area contributed by atoms with Crippen LogP contribution in [0.5, 0.6) is 0 Å². The molecule has 0 aromatic heterocycles. The predicted molar refractivity (Wildman–Crippen MR) is 43.9 cm³/mol. The van der Waals surface area contributed by atoms with Crippen LogP contribution in [0.25, 0.3) is 0 Å². The first-order valence-electron chi connectivity index (χ1n) is 1.66. The van der Waals surface area contributed by atoms with Crippen LogP contribution in [-0.2, 0) is 0 Å². The van der Waals surface area contributed by atoms with Crippen molar-refractivity contribution in [3.05, 3.63) is 40.8 Å². The first-order valence-corrected chi connectivity index (χ1v) is 1.66. The Kier molecular flexibility index (Phi) is 72.6. The molecular weight excluding hydrogens is 256 g/mol. The fourth-order valence-corrected chi connectivity index (χ4v) is 0. The van der Waals surface area contributed by atoms with E-state index in [1.165, 1.54) is 0 Å². The van der Waals surface area contributed by atoms with E-state index in [0.717, 1.165) is 0 Å². The number of hydrogen-bond donors (Lipinski definition) is 2. The molecule has 0 aliphatic rings. The van der Waals surface area contributed by atoms with Crippen molar-refractivity contribution in [1.29, 1.82) is 0 Å². The largest absolute Gasteiger partial charge is 2.00 e. The van der Waals surface area contributed by atoms with Crippen molar-refractivity contribution in [2.24, 2.45) is 0 Å². The van der Waals surface area contributed by atoms with Crippen LogP contribution in [0.4, 0.5) is 0 Å². The molecule has 0 saturated carbocycles. The zero-order chi connectivity index (χ0) is 10.7. The van der Waals surface area contributed by atoms with Gasteiger partial charge < -0.3 is 47.5 Å². The van der Waals surface area contributed by atoms with Crippen LogP contribution in [0.15, 0.2) is 0 Å². The fourth-order valence-electron chi connectivity index (χ4n) is 0. The zero-order valence-electron chi connectivity index (χ0n) is 6.97. The average Bonchev–Trinajstić information content (AvgIpc) is 1.54. The molecule has 0 aliphatic heterocycles. The number of hydrogen-bond acceptors (Lipinski definition) is 9. The molecule has 0 aromatic rings. The van der Waals surface area contributed by atoms with E-state index in [0.29, 0.717) is 0 Å². The average molecular weight is 262 g/mol. The van der Waals surface area contributed by atoms with Crippen LogP contribution in [0.1, 0.15) is 0 Å². The van der Waals surface area contributed by atoms with E-state index in [4.69, 9.17) is 46.0 Å². The van der Waals surface area contributed by atoms with Crippen LogP contribution in [0, 0.1) is 40.8 Å². The summed E-state index contributed by atoms with van der Waals surface area (Å²) in [5, 5.41) is 43.1. The van der Waals surface area contributed by atoms with Crippen molar-refractivity contribution in [3.63, 3.8) is 0 Å². The van der Waals surface area contributed by atoms with Crippen molar-refractivity contribution in [1.82, 2.24) is 6.15 Å². The third-order valence-electron chi connectivity index (χ3n) is 0. The Labute approximate surface area is 110 Å². The molecule has 0 fully saturated rings. The minimum Gasteiger partial charge on any atom is -0.412 e. The maximum Gasteiger partial charge on any atom is 2.00 e. The molecule has 6 N–H and O–H groups in total. The summed E-state index contributed by atoms with van der Waals surface area (Å²) in [5.74, 6) is 0. The van der Waals surface area contributed by atoms with Crippen molar-refractivity contribution >= 4 is 37.7 Å². The maximum absolute atomic E-state index is 8.36. The third-order valence-corrected chi connectivity index (χ3v) is 0. The summed E-state index contributed by atoms with van der Waals surface area (Å²) in [5.41, 5.74) is 0. The van der Waals surface area contributed by atoms with Gasteiger partial charge in [0.1, 0.15) is 0 Å². The van der Waals surface area contributed by atoms with Gasteiger partial charge in [-0.1, -0.05) is 0 Å². The van der Waals surface area contributed by atoms with Gasteiger partial charge in [-0.3, -0.25) is 0 Å². The second-order valence-electron chi connectivity index (χ2n) is 0.685. The molecule has 0 unspecified atom stereocenters. The van der Waals surface area contributed by atoms with Crippen LogP contribution in [0.3, 0.4) is 0 Å². The molecule has 0 heterocycles. The Morgan fingerprint density at radius 2 is 0.800 bits per heavy atom. The van der Waals surface area contributed by atoms with Crippen molar-refractivity contribution < 1.29 is 25.9 Å². The SMILES string of the molecule is N.O.O=[N+]([O-])O.O=[N+]([O-])[O-].O=[N+]([O-])[O-].[Ca+2]. The van der Waals surface area contributed by atoms with Crippen molar-refractivity contribution in [3.8, 4) is 0 Å². The molecule has 0 rings (SSSR count). The molecule has 14 nitrogen and oxygen atoms in total. The summed E-state index contributed by atoms with van der Waals surface area (Å²) in [6.07, 6.45) is 0. The summed E-state index contributed by atoms with van der Waals surface area (Å²) in [7, 11) is 0. The third kappa shape index (κ3) is 997. The summed E-state index contributed by atoms with van der Waals surface area (Å²) in [6, 6.07) is 0. The Hall–Kier alpha value is -1.22. The van der Waals surface area contributed by atoms with E-state index in [2.05, 4.69) is 0 Å². The fraction of sp³-hybridized carbons (Fsp3) is 0. The molecule has 0 spiro atoms. The van der Waals surface area contributed by atoms with Crippen LogP contribution >= 0.6 is 0 Å². The van der Waals surface area contributed by atoms with Crippen LogP contribution < -0.4 is 6.15 Å². The summed E-state index contributed by atoms with van der Waals surface area (Å²) in [6.45, 7) is 0. The summed E-state index contributed by atoms with van der Waals surface area (Å²) < 4.78 is 0. The van der Waals surface area contributed by atoms with Crippen LogP contribution in [-0.4, -0.2) is 63.7 Å². The predicted octanol–water partition coefficient (Wildman–Crippen LogP) is -1.87. The van der Waals surface area contributed by atoms with Gasteiger partial charge in [-0.25, -0.2) is 0 Å². The Morgan fingerprint density at radius 1 is 0.800 bits per heavy atom. The van der Waals surface area contributed by atoms with Gasteiger partial charge in [0.15, 0.2) is 0 Å². The normalized spacial score (nSPS) is 4.80. The van der Waals surface area contributed by atoms with Crippen LogP contribution in [0.2, 0.25) is 0 Å². The van der Waals surface area contributed by atoms with E-state index < -0.39 is 15.3 Å². The van der Waals surface area contributed by atoms with E-state index in [1.54, 1.807) is 0 Å². The second-order valence-corrected chi connectivity index (χ2v) is 0.685. The quantitative estimate of drug-likeness (QED) is 0.278. The zero-order valence-corrected chi connectivity index (χ0v) is 9.18. The minimum atomic E-state index is -1.75. The molecule has 15 heteroatoms. The van der Waals surface area contributed by atoms with Gasteiger partial charge >= 0.3 is 37.7 Å². The van der Waals surface area contributed by atoms with Crippen molar-refractivity contribution in [2.75, 3.05) is 0 Å². The van der Waals surface area contributed by atoms with Gasteiger partial charge in [0.05, 0.1) is 10.2 Å². The molecule has 0 aliphatic carbocycles. The minimum absolute atomic E-state index is 0. The molecule has 15 heavy (non-hydrogen) atoms. The van der Waals surface area contributed by atoms with Gasteiger partial charge in [0, 0.05) is 0 Å². The van der Waals surface area contributed by atoms with E-state index in [1.807, 2.05) is 0 Å². The molecule has 0 radical (unpaired) electrons. The molecule has 0 bridgehead atoms. The topological polar surface area (TPSA) is 262 Å². The first kappa shape index (κ1) is 37.2. The van der Waals surface area contributed by atoms with E-state index in [9.17, 15) is 0 Å². The molecule has 0 amide bonds. The maximum atomic E-state index is 8.36. The standard InChI is InChI=1S/Ca.HNO3.2NO3.H3N.H2O/c;3*2-1(3)4;;/h;(H,2,3,4);;;1H3;1H2/q+2;;2*-1;;. The summed E-state index contributed by atoms with van der Waals surface area (Å²) >= 11 is 0. The Bertz CT molecular complexity index is 115. The molecule has 0 aromatic carbocycles. The van der Waals surface area contributed by atoms with Gasteiger partial charge in [0.25, 0.3) is 5.09 Å². The second kappa shape index (κ2) is 29.3. The first-order chi connectivity index (χ1) is 5.20. The summed E-state index contributed by atoms with van der Waals surface area (Å²) in [4.78, 5) is 24.9. The number of rotatable bonds is 0. The molecular formula is H6CaN4O10. The van der Waals surface area contributed by atoms with Crippen molar-refractivity contribution in [2.45, 2.75) is 0 Å².